The van der Waals surface area contributed by atoms with Crippen molar-refractivity contribution in [2.45, 2.75) is 6.54 Å². The van der Waals surface area contributed by atoms with Crippen LogP contribution in [-0.2, 0) is 17.0 Å². The van der Waals surface area contributed by atoms with Gasteiger partial charge in [0.2, 0.25) is 0 Å². The van der Waals surface area contributed by atoms with Gasteiger partial charge in [-0.15, -0.1) is 0 Å². The number of furan rings is 1. The lowest BCUT2D eigenvalue weighted by Crippen LogP contribution is -1.81. The molecule has 1 heterocycles. The number of hydrogen-bond donors (Lipinski definition) is 0. The summed E-state index contributed by atoms with van der Waals surface area (Å²) in [6, 6.07) is 3.03. The van der Waals surface area contributed by atoms with E-state index in [4.69, 9.17) is 0 Å². The summed E-state index contributed by atoms with van der Waals surface area (Å²) in [4.78, 5) is 0. The van der Waals surface area contributed by atoms with E-state index in [9.17, 15) is 12.0 Å². The second-order valence-electron chi connectivity index (χ2n) is 1.76. The minimum absolute atomic E-state index is 0.271. The first-order valence-electron chi connectivity index (χ1n) is 2.72. The normalized spacial score (nSPS) is 11.5. The second-order valence-corrected chi connectivity index (χ2v) is 2.82. The fraction of sp³-hybridized carbons (Fsp3) is 0.200. The van der Waals surface area contributed by atoms with Crippen LogP contribution in [0.2, 0.25) is 0 Å². The Morgan fingerprint density at radius 2 is 2.36 bits per heavy atom. The zero-order chi connectivity index (χ0) is 8.32. The van der Waals surface area contributed by atoms with Crippen LogP contribution in [0.4, 0.5) is 7.77 Å². The Bertz CT molecular complexity index is 318. The smallest absolute Gasteiger partial charge is 0.367 e. The third-order valence-corrected chi connectivity index (χ3v) is 1.38. The molecular formula is C5H5F2NO2S. The molecule has 6 heteroatoms. The molecule has 11 heavy (non-hydrogen) atoms. The van der Waals surface area contributed by atoms with Crippen LogP contribution in [0.1, 0.15) is 5.76 Å². The zero-order valence-electron chi connectivity index (χ0n) is 5.37. The molecular weight excluding hydrogens is 176 g/mol. The first-order valence-corrected chi connectivity index (χ1v) is 4.04. The minimum atomic E-state index is -4.99. The lowest BCUT2D eigenvalue weighted by Gasteiger charge is -1.86. The molecule has 1 aromatic heterocycles. The number of hydrogen-bond acceptors (Lipinski definition) is 3. The highest BCUT2D eigenvalue weighted by atomic mass is 32.3. The lowest BCUT2D eigenvalue weighted by molar-refractivity contribution is 0.509. The van der Waals surface area contributed by atoms with Crippen LogP contribution in [0.25, 0.3) is 0 Å². The number of nitrogens with zero attached hydrogens (tertiary/aromatic N) is 1. The number of rotatable bonds is 2. The van der Waals surface area contributed by atoms with E-state index in [2.05, 4.69) is 8.78 Å². The predicted octanol–water partition coefficient (Wildman–Crippen LogP) is 2.02. The van der Waals surface area contributed by atoms with Crippen LogP contribution in [0, 0.1) is 0 Å². The second kappa shape index (κ2) is 3.00. The van der Waals surface area contributed by atoms with E-state index >= 15 is 0 Å². The van der Waals surface area contributed by atoms with Crippen molar-refractivity contribution in [3.63, 3.8) is 0 Å². The Labute approximate surface area is 62.8 Å². The zero-order valence-corrected chi connectivity index (χ0v) is 6.18. The van der Waals surface area contributed by atoms with E-state index in [0.717, 1.165) is 0 Å². The van der Waals surface area contributed by atoms with Crippen molar-refractivity contribution in [3.8, 4) is 0 Å². The van der Waals surface area contributed by atoms with Crippen molar-refractivity contribution in [1.82, 2.24) is 0 Å². The largest absolute Gasteiger partial charge is 0.467 e. The van der Waals surface area contributed by atoms with E-state index in [1.165, 1.54) is 12.3 Å². The summed E-state index contributed by atoms with van der Waals surface area (Å²) in [5, 5.41) is 0. The first-order chi connectivity index (χ1) is 5.08. The first kappa shape index (κ1) is 8.19. The van der Waals surface area contributed by atoms with Crippen LogP contribution >= 0.6 is 0 Å². The van der Waals surface area contributed by atoms with Crippen LogP contribution in [0.5, 0.6) is 0 Å². The van der Waals surface area contributed by atoms with Gasteiger partial charge in [0, 0.05) is 0 Å². The monoisotopic (exact) mass is 181 g/mol. The average Bonchev–Trinajstić information content (AvgIpc) is 2.32. The topological polar surface area (TPSA) is 42.6 Å². The molecule has 0 spiro atoms. The molecule has 0 aliphatic heterocycles. The molecule has 0 aromatic carbocycles. The summed E-state index contributed by atoms with van der Waals surface area (Å²) in [5.41, 5.74) is 0. The van der Waals surface area contributed by atoms with Gasteiger partial charge in [0.15, 0.2) is 0 Å². The lowest BCUT2D eigenvalue weighted by atomic mass is 10.5. The molecule has 1 aromatic rings. The van der Waals surface area contributed by atoms with Crippen molar-refractivity contribution in [1.29, 1.82) is 0 Å². The van der Waals surface area contributed by atoms with Crippen molar-refractivity contribution in [2.24, 2.45) is 4.36 Å². The van der Waals surface area contributed by atoms with E-state index in [1.807, 2.05) is 0 Å². The summed E-state index contributed by atoms with van der Waals surface area (Å²) in [7, 11) is -4.99. The van der Waals surface area contributed by atoms with Crippen molar-refractivity contribution in [3.05, 3.63) is 24.2 Å². The molecule has 0 atom stereocenters. The van der Waals surface area contributed by atoms with Gasteiger partial charge in [0.05, 0.1) is 6.26 Å². The van der Waals surface area contributed by atoms with Crippen LogP contribution in [0.3, 0.4) is 0 Å². The van der Waals surface area contributed by atoms with E-state index in [-0.39, 0.29) is 12.3 Å². The maximum Gasteiger partial charge on any atom is 0.367 e. The van der Waals surface area contributed by atoms with Crippen LogP contribution < -0.4 is 0 Å². The van der Waals surface area contributed by atoms with Crippen LogP contribution in [-0.4, -0.2) is 4.21 Å². The standard InChI is InChI=1S/C5H5F2NO2S/c6-11(7,9)8-4-5-2-1-3-10-5/h1-3H,4H2. The van der Waals surface area contributed by atoms with E-state index in [1.54, 1.807) is 6.07 Å². The predicted molar refractivity (Wildman–Crippen MR) is 35.2 cm³/mol. The Balaban J connectivity index is 2.67. The molecule has 0 N–H and O–H groups in total. The van der Waals surface area contributed by atoms with Crippen molar-refractivity contribution >= 4 is 10.5 Å². The quantitative estimate of drug-likeness (QED) is 0.655. The highest BCUT2D eigenvalue weighted by Gasteiger charge is 2.01. The molecule has 0 saturated carbocycles. The summed E-state index contributed by atoms with van der Waals surface area (Å²) in [6.07, 6.45) is 1.34. The molecule has 0 aliphatic carbocycles. The van der Waals surface area contributed by atoms with Gasteiger partial charge < -0.3 is 4.42 Å². The molecule has 3 nitrogen and oxygen atoms in total. The van der Waals surface area contributed by atoms with Gasteiger partial charge in [-0.2, -0.15) is 8.57 Å². The summed E-state index contributed by atoms with van der Waals surface area (Å²) in [5.74, 6) is 0.271. The molecule has 0 amide bonds. The van der Waals surface area contributed by atoms with Gasteiger partial charge in [0.1, 0.15) is 12.3 Å². The number of halogens is 2. The average molecular weight is 181 g/mol. The Hall–Kier alpha value is -0.910. The molecule has 62 valence electrons. The third kappa shape index (κ3) is 3.13. The van der Waals surface area contributed by atoms with Gasteiger partial charge in [-0.05, 0) is 12.1 Å². The Morgan fingerprint density at radius 3 is 2.82 bits per heavy atom. The third-order valence-electron chi connectivity index (χ3n) is 0.951. The van der Waals surface area contributed by atoms with E-state index in [0.29, 0.717) is 0 Å². The van der Waals surface area contributed by atoms with Gasteiger partial charge >= 0.3 is 10.5 Å². The fourth-order valence-corrected chi connectivity index (χ4v) is 0.819. The molecule has 0 unspecified atom stereocenters. The van der Waals surface area contributed by atoms with Crippen LogP contribution in [0.15, 0.2) is 27.2 Å². The highest BCUT2D eigenvalue weighted by molar-refractivity contribution is 7.83. The SMILES string of the molecule is O=S(F)(F)=NCc1ccco1. The van der Waals surface area contributed by atoms with Gasteiger partial charge in [-0.25, -0.2) is 0 Å². The summed E-state index contributed by atoms with van der Waals surface area (Å²) in [6.45, 7) is -0.348. The van der Waals surface area contributed by atoms with Crippen molar-refractivity contribution < 1.29 is 16.4 Å². The Kier molecular flexibility index (Phi) is 2.23. The fourth-order valence-electron chi connectivity index (χ4n) is 0.541. The summed E-state index contributed by atoms with van der Waals surface area (Å²) < 4.78 is 40.3. The molecule has 0 bridgehead atoms. The van der Waals surface area contributed by atoms with Gasteiger partial charge in [-0.1, -0.05) is 7.77 Å². The van der Waals surface area contributed by atoms with Crippen molar-refractivity contribution in [2.75, 3.05) is 0 Å². The molecule has 0 aliphatic rings. The Morgan fingerprint density at radius 1 is 1.64 bits per heavy atom. The molecule has 0 fully saturated rings. The highest BCUT2D eigenvalue weighted by Crippen LogP contribution is 2.06. The maximum atomic E-state index is 11.6. The van der Waals surface area contributed by atoms with E-state index < -0.39 is 10.5 Å². The van der Waals surface area contributed by atoms with Gasteiger partial charge in [-0.3, -0.25) is 0 Å². The minimum Gasteiger partial charge on any atom is -0.467 e. The van der Waals surface area contributed by atoms with Gasteiger partial charge in [0.25, 0.3) is 0 Å². The molecule has 0 saturated heterocycles. The summed E-state index contributed by atoms with van der Waals surface area (Å²) >= 11 is 0. The molecule has 1 rings (SSSR count). The maximum absolute atomic E-state index is 11.6. The molecule has 0 radical (unpaired) electrons.